The van der Waals surface area contributed by atoms with Crippen LogP contribution < -0.4 is 0 Å². The first-order chi connectivity index (χ1) is 6.00. The summed E-state index contributed by atoms with van der Waals surface area (Å²) in [4.78, 5) is 0. The zero-order valence-corrected chi connectivity index (χ0v) is 10.0. The van der Waals surface area contributed by atoms with Crippen LogP contribution in [-0.4, -0.2) is 0 Å². The quantitative estimate of drug-likeness (QED) is 0.606. The Labute approximate surface area is 84.1 Å². The Morgan fingerprint density at radius 2 is 1.62 bits per heavy atom. The molecule has 1 aliphatic carbocycles. The maximum absolute atomic E-state index is 2.46. The van der Waals surface area contributed by atoms with Crippen molar-refractivity contribution in [2.45, 2.75) is 53.9 Å². The molecule has 0 amide bonds. The third-order valence-electron chi connectivity index (χ3n) is 3.89. The zero-order valence-electron chi connectivity index (χ0n) is 10.0. The highest BCUT2D eigenvalue weighted by Gasteiger charge is 2.32. The summed E-state index contributed by atoms with van der Waals surface area (Å²) in [5.41, 5.74) is 0. The first kappa shape index (κ1) is 11.1. The van der Waals surface area contributed by atoms with Crippen LogP contribution >= 0.6 is 0 Å². The first-order valence-corrected chi connectivity index (χ1v) is 6.00. The van der Waals surface area contributed by atoms with Crippen molar-refractivity contribution in [1.82, 2.24) is 0 Å². The van der Waals surface area contributed by atoms with E-state index >= 15 is 0 Å². The van der Waals surface area contributed by atoms with Crippen LogP contribution in [0, 0.1) is 29.6 Å². The van der Waals surface area contributed by atoms with Gasteiger partial charge in [-0.25, -0.2) is 0 Å². The smallest absolute Gasteiger partial charge is 0.0381 e. The number of rotatable bonds is 4. The van der Waals surface area contributed by atoms with Crippen molar-refractivity contribution in [2.75, 3.05) is 0 Å². The maximum atomic E-state index is 2.46. The summed E-state index contributed by atoms with van der Waals surface area (Å²) in [5, 5.41) is 0. The topological polar surface area (TPSA) is 0 Å². The Balaban J connectivity index is 2.26. The van der Waals surface area contributed by atoms with E-state index in [1.807, 2.05) is 0 Å². The molecule has 1 aliphatic rings. The van der Waals surface area contributed by atoms with Crippen LogP contribution in [0.1, 0.15) is 53.9 Å². The van der Waals surface area contributed by atoms with Gasteiger partial charge in [0, 0.05) is 0 Å². The zero-order chi connectivity index (χ0) is 10.0. The van der Waals surface area contributed by atoms with Crippen LogP contribution in [-0.2, 0) is 0 Å². The van der Waals surface area contributed by atoms with Crippen molar-refractivity contribution in [3.8, 4) is 0 Å². The van der Waals surface area contributed by atoms with E-state index in [2.05, 4.69) is 34.6 Å². The fraction of sp³-hybridized carbons (Fsp3) is 1.00. The Hall–Kier alpha value is 0. The lowest BCUT2D eigenvalue weighted by molar-refractivity contribution is 0.103. The van der Waals surface area contributed by atoms with Gasteiger partial charge in [0.05, 0.1) is 0 Å². The molecule has 1 fully saturated rings. The largest absolute Gasteiger partial charge is 0.0628 e. The van der Waals surface area contributed by atoms with Gasteiger partial charge in [0.2, 0.25) is 0 Å². The van der Waals surface area contributed by atoms with E-state index in [9.17, 15) is 0 Å². The highest BCUT2D eigenvalue weighted by molar-refractivity contribution is 4.82. The fourth-order valence-electron chi connectivity index (χ4n) is 2.82. The predicted molar refractivity (Wildman–Crippen MR) is 59.7 cm³/mol. The maximum Gasteiger partial charge on any atom is -0.0381 e. The van der Waals surface area contributed by atoms with E-state index in [4.69, 9.17) is 0 Å². The van der Waals surface area contributed by atoms with E-state index in [0.717, 1.165) is 29.6 Å². The molecule has 0 spiro atoms. The minimum atomic E-state index is 0.870. The molecule has 0 aromatic rings. The van der Waals surface area contributed by atoms with E-state index in [-0.39, 0.29) is 0 Å². The molecule has 0 heteroatoms. The lowest BCUT2D eigenvalue weighted by Crippen LogP contribution is -2.30. The Bertz CT molecular complexity index is 142. The van der Waals surface area contributed by atoms with Crippen molar-refractivity contribution in [2.24, 2.45) is 29.6 Å². The SMILES string of the molecule is CC(C)CC(C)C(C)C1CC(C)C1. The second-order valence-electron chi connectivity index (χ2n) is 5.80. The van der Waals surface area contributed by atoms with Crippen LogP contribution in [0.15, 0.2) is 0 Å². The van der Waals surface area contributed by atoms with Crippen molar-refractivity contribution >= 4 is 0 Å². The standard InChI is InChI=1S/C13H26/c1-9(2)6-11(4)12(5)13-7-10(3)8-13/h9-13H,6-8H2,1-5H3. The van der Waals surface area contributed by atoms with Crippen LogP contribution in [0.25, 0.3) is 0 Å². The summed E-state index contributed by atoms with van der Waals surface area (Å²) in [7, 11) is 0. The summed E-state index contributed by atoms with van der Waals surface area (Å²) in [6, 6.07) is 0. The lowest BCUT2D eigenvalue weighted by Gasteiger charge is -2.40. The van der Waals surface area contributed by atoms with Gasteiger partial charge >= 0.3 is 0 Å². The average Bonchev–Trinajstić information content (AvgIpc) is 1.96. The van der Waals surface area contributed by atoms with Gasteiger partial charge in [-0.3, -0.25) is 0 Å². The summed E-state index contributed by atoms with van der Waals surface area (Å²) in [6.07, 6.45) is 4.39. The molecule has 0 aromatic carbocycles. The van der Waals surface area contributed by atoms with Gasteiger partial charge in [-0.1, -0.05) is 34.6 Å². The van der Waals surface area contributed by atoms with Crippen LogP contribution in [0.2, 0.25) is 0 Å². The molecule has 0 nitrogen and oxygen atoms in total. The minimum Gasteiger partial charge on any atom is -0.0628 e. The van der Waals surface area contributed by atoms with Gasteiger partial charge in [-0.15, -0.1) is 0 Å². The normalized spacial score (nSPS) is 32.8. The third-order valence-corrected chi connectivity index (χ3v) is 3.89. The lowest BCUT2D eigenvalue weighted by atomic mass is 9.66. The van der Waals surface area contributed by atoms with Crippen LogP contribution in [0.4, 0.5) is 0 Å². The molecule has 13 heavy (non-hydrogen) atoms. The molecular weight excluding hydrogens is 156 g/mol. The van der Waals surface area contributed by atoms with Crippen molar-refractivity contribution in [3.05, 3.63) is 0 Å². The average molecular weight is 182 g/mol. The molecule has 0 saturated heterocycles. The van der Waals surface area contributed by atoms with Gasteiger partial charge in [0.15, 0.2) is 0 Å². The molecule has 0 heterocycles. The molecule has 0 bridgehead atoms. The molecule has 0 aromatic heterocycles. The molecule has 0 aliphatic heterocycles. The Morgan fingerprint density at radius 1 is 1.08 bits per heavy atom. The van der Waals surface area contributed by atoms with Gasteiger partial charge < -0.3 is 0 Å². The molecule has 78 valence electrons. The minimum absolute atomic E-state index is 0.870. The highest BCUT2D eigenvalue weighted by atomic mass is 14.4. The summed E-state index contributed by atoms with van der Waals surface area (Å²) in [5.74, 6) is 4.81. The van der Waals surface area contributed by atoms with Crippen molar-refractivity contribution in [1.29, 1.82) is 0 Å². The highest BCUT2D eigenvalue weighted by Crippen LogP contribution is 2.42. The van der Waals surface area contributed by atoms with Gasteiger partial charge in [0.1, 0.15) is 0 Å². The number of hydrogen-bond donors (Lipinski definition) is 0. The van der Waals surface area contributed by atoms with E-state index in [0.29, 0.717) is 0 Å². The van der Waals surface area contributed by atoms with Crippen molar-refractivity contribution in [3.63, 3.8) is 0 Å². The van der Waals surface area contributed by atoms with Crippen LogP contribution in [0.5, 0.6) is 0 Å². The van der Waals surface area contributed by atoms with Crippen molar-refractivity contribution < 1.29 is 0 Å². The second kappa shape index (κ2) is 4.48. The van der Waals surface area contributed by atoms with Gasteiger partial charge in [-0.2, -0.15) is 0 Å². The van der Waals surface area contributed by atoms with Gasteiger partial charge in [0.25, 0.3) is 0 Å². The fourth-order valence-corrected chi connectivity index (χ4v) is 2.82. The molecule has 2 unspecified atom stereocenters. The van der Waals surface area contributed by atoms with E-state index < -0.39 is 0 Å². The molecule has 1 rings (SSSR count). The molecule has 0 N–H and O–H groups in total. The molecule has 2 atom stereocenters. The summed E-state index contributed by atoms with van der Waals surface area (Å²) < 4.78 is 0. The number of hydrogen-bond acceptors (Lipinski definition) is 0. The van der Waals surface area contributed by atoms with E-state index in [1.54, 1.807) is 0 Å². The Kier molecular flexibility index (Phi) is 3.82. The first-order valence-electron chi connectivity index (χ1n) is 6.00. The molecular formula is C13H26. The summed E-state index contributed by atoms with van der Waals surface area (Å²) in [6.45, 7) is 12.0. The second-order valence-corrected chi connectivity index (χ2v) is 5.80. The predicted octanol–water partition coefficient (Wildman–Crippen LogP) is 4.35. The summed E-state index contributed by atoms with van der Waals surface area (Å²) >= 11 is 0. The third kappa shape index (κ3) is 3.00. The van der Waals surface area contributed by atoms with E-state index in [1.165, 1.54) is 19.3 Å². The molecule has 1 saturated carbocycles. The Morgan fingerprint density at radius 3 is 2.00 bits per heavy atom. The molecule has 0 radical (unpaired) electrons. The van der Waals surface area contributed by atoms with Gasteiger partial charge in [-0.05, 0) is 48.9 Å². The van der Waals surface area contributed by atoms with Crippen LogP contribution in [0.3, 0.4) is 0 Å². The monoisotopic (exact) mass is 182 g/mol.